The fourth-order valence-electron chi connectivity index (χ4n) is 5.74. The molecule has 1 saturated carbocycles. The third kappa shape index (κ3) is 3.50. The highest BCUT2D eigenvalue weighted by Gasteiger charge is 2.58. The molecule has 4 aliphatic rings. The van der Waals surface area contributed by atoms with Gasteiger partial charge in [-0.3, -0.25) is 19.3 Å². The van der Waals surface area contributed by atoms with E-state index in [9.17, 15) is 14.4 Å². The maximum absolute atomic E-state index is 12.7. The first kappa shape index (κ1) is 20.1. The lowest BCUT2D eigenvalue weighted by molar-refractivity contribution is -0.141. The maximum Gasteiger partial charge on any atom is 0.233 e. The smallest absolute Gasteiger partial charge is 0.233 e. The molecule has 0 aromatic heterocycles. The number of hydrogen-bond donors (Lipinski definition) is 0. The van der Waals surface area contributed by atoms with Crippen molar-refractivity contribution in [1.82, 2.24) is 9.80 Å². The molecule has 0 radical (unpaired) electrons. The van der Waals surface area contributed by atoms with Crippen molar-refractivity contribution in [2.45, 2.75) is 19.3 Å². The van der Waals surface area contributed by atoms with Gasteiger partial charge in [0.15, 0.2) is 0 Å². The van der Waals surface area contributed by atoms with Crippen LogP contribution in [0, 0.1) is 23.7 Å². The second-order valence-electron chi connectivity index (χ2n) is 9.00. The SMILES string of the molecule is COc1ccc(N2CCN(C(=O)CCCN3C(=O)C4C5C=CC(C5)C4C3=O)CC2)cc1. The Morgan fingerprint density at radius 3 is 2.16 bits per heavy atom. The van der Waals surface area contributed by atoms with Gasteiger partial charge in [0.2, 0.25) is 17.7 Å². The number of amides is 3. The number of rotatable bonds is 6. The zero-order chi connectivity index (χ0) is 21.5. The molecule has 2 saturated heterocycles. The van der Waals surface area contributed by atoms with Crippen LogP contribution in [0.25, 0.3) is 0 Å². The van der Waals surface area contributed by atoms with Gasteiger partial charge in [0, 0.05) is 44.8 Å². The van der Waals surface area contributed by atoms with E-state index in [4.69, 9.17) is 4.74 Å². The van der Waals surface area contributed by atoms with Crippen molar-refractivity contribution >= 4 is 23.4 Å². The van der Waals surface area contributed by atoms with E-state index in [0.717, 1.165) is 30.9 Å². The molecule has 4 atom stereocenters. The molecule has 4 unspecified atom stereocenters. The first-order chi connectivity index (χ1) is 15.1. The van der Waals surface area contributed by atoms with E-state index in [0.29, 0.717) is 32.5 Å². The molecule has 164 valence electrons. The Hall–Kier alpha value is -2.83. The molecular formula is C24H29N3O4. The zero-order valence-electron chi connectivity index (χ0n) is 17.9. The minimum Gasteiger partial charge on any atom is -0.497 e. The Kier molecular flexibility index (Phi) is 5.20. The quantitative estimate of drug-likeness (QED) is 0.517. The maximum atomic E-state index is 12.7. The molecule has 0 spiro atoms. The number of nitrogens with zero attached hydrogens (tertiary/aromatic N) is 3. The standard InChI is InChI=1S/C24H29N3O4/c1-31-19-8-6-18(7-9-19)25-11-13-26(14-12-25)20(28)3-2-10-27-23(29)21-16-4-5-17(15-16)22(21)24(27)30/h4-9,16-17,21-22H,2-3,10-15H2,1H3. The van der Waals surface area contributed by atoms with Crippen molar-refractivity contribution in [2.24, 2.45) is 23.7 Å². The summed E-state index contributed by atoms with van der Waals surface area (Å²) in [7, 11) is 1.65. The second-order valence-corrected chi connectivity index (χ2v) is 9.00. The number of piperazine rings is 1. The van der Waals surface area contributed by atoms with Crippen LogP contribution in [0.2, 0.25) is 0 Å². The summed E-state index contributed by atoms with van der Waals surface area (Å²) in [4.78, 5) is 43.7. The van der Waals surface area contributed by atoms with Gasteiger partial charge < -0.3 is 14.5 Å². The van der Waals surface area contributed by atoms with Crippen LogP contribution in [0.3, 0.4) is 0 Å². The lowest BCUT2D eigenvalue weighted by Gasteiger charge is -2.36. The Labute approximate surface area is 182 Å². The number of anilines is 1. The van der Waals surface area contributed by atoms with E-state index in [1.54, 1.807) is 7.11 Å². The Morgan fingerprint density at radius 2 is 1.58 bits per heavy atom. The minimum absolute atomic E-state index is 0.0209. The van der Waals surface area contributed by atoms with Crippen LogP contribution in [-0.2, 0) is 14.4 Å². The van der Waals surface area contributed by atoms with Crippen molar-refractivity contribution in [1.29, 1.82) is 0 Å². The molecule has 2 aliphatic heterocycles. The van der Waals surface area contributed by atoms with Gasteiger partial charge in [0.05, 0.1) is 18.9 Å². The van der Waals surface area contributed by atoms with Gasteiger partial charge >= 0.3 is 0 Å². The van der Waals surface area contributed by atoms with E-state index < -0.39 is 0 Å². The van der Waals surface area contributed by atoms with Gasteiger partial charge in [-0.15, -0.1) is 0 Å². The van der Waals surface area contributed by atoms with Gasteiger partial charge in [-0.2, -0.15) is 0 Å². The normalized spacial score (nSPS) is 29.1. The monoisotopic (exact) mass is 423 g/mol. The molecule has 2 bridgehead atoms. The molecular weight excluding hydrogens is 394 g/mol. The molecule has 0 N–H and O–H groups in total. The van der Waals surface area contributed by atoms with E-state index in [2.05, 4.69) is 17.1 Å². The van der Waals surface area contributed by atoms with Gasteiger partial charge in [-0.25, -0.2) is 0 Å². The summed E-state index contributed by atoms with van der Waals surface area (Å²) in [6.07, 6.45) is 6.07. The second kappa shape index (κ2) is 8.02. The highest BCUT2D eigenvalue weighted by molar-refractivity contribution is 6.06. The molecule has 7 heteroatoms. The van der Waals surface area contributed by atoms with E-state index >= 15 is 0 Å². The highest BCUT2D eigenvalue weighted by Crippen LogP contribution is 2.52. The van der Waals surface area contributed by atoms with Gasteiger partial charge in [0.25, 0.3) is 0 Å². The van der Waals surface area contributed by atoms with Crippen molar-refractivity contribution in [3.63, 3.8) is 0 Å². The summed E-state index contributed by atoms with van der Waals surface area (Å²) in [5, 5.41) is 0. The number of methoxy groups -OCH3 is 1. The van der Waals surface area contributed by atoms with Crippen LogP contribution in [-0.4, -0.2) is 67.4 Å². The topological polar surface area (TPSA) is 70.2 Å². The Balaban J connectivity index is 1.08. The summed E-state index contributed by atoms with van der Waals surface area (Å²) < 4.78 is 5.21. The van der Waals surface area contributed by atoms with Gasteiger partial charge in [0.1, 0.15) is 5.75 Å². The van der Waals surface area contributed by atoms with Crippen molar-refractivity contribution in [3.8, 4) is 5.75 Å². The Bertz CT molecular complexity index is 874. The molecule has 3 amide bonds. The summed E-state index contributed by atoms with van der Waals surface area (Å²) >= 11 is 0. The van der Waals surface area contributed by atoms with Gasteiger partial charge in [-0.1, -0.05) is 12.2 Å². The summed E-state index contributed by atoms with van der Waals surface area (Å²) in [6, 6.07) is 7.97. The number of imide groups is 1. The van der Waals surface area contributed by atoms with E-state index in [1.165, 1.54) is 4.90 Å². The number of allylic oxidation sites excluding steroid dienone is 2. The number of fused-ring (bicyclic) bond motifs is 5. The van der Waals surface area contributed by atoms with Gasteiger partial charge in [-0.05, 0) is 48.9 Å². The number of ether oxygens (including phenoxy) is 1. The number of benzene rings is 1. The zero-order valence-corrected chi connectivity index (χ0v) is 17.9. The van der Waals surface area contributed by atoms with Crippen LogP contribution >= 0.6 is 0 Å². The van der Waals surface area contributed by atoms with Crippen molar-refractivity contribution in [3.05, 3.63) is 36.4 Å². The first-order valence-corrected chi connectivity index (χ1v) is 11.3. The fourth-order valence-corrected chi connectivity index (χ4v) is 5.74. The molecule has 2 heterocycles. The molecule has 7 nitrogen and oxygen atoms in total. The predicted molar refractivity (Wildman–Crippen MR) is 115 cm³/mol. The third-order valence-electron chi connectivity index (χ3n) is 7.40. The molecule has 2 aliphatic carbocycles. The lowest BCUT2D eigenvalue weighted by Crippen LogP contribution is -2.48. The average molecular weight is 424 g/mol. The molecule has 31 heavy (non-hydrogen) atoms. The first-order valence-electron chi connectivity index (χ1n) is 11.3. The molecule has 5 rings (SSSR count). The fraction of sp³-hybridized carbons (Fsp3) is 0.542. The molecule has 1 aromatic rings. The number of likely N-dealkylation sites (tertiary alicyclic amines) is 1. The largest absolute Gasteiger partial charge is 0.497 e. The van der Waals surface area contributed by atoms with Crippen LogP contribution in [0.4, 0.5) is 5.69 Å². The van der Waals surface area contributed by atoms with Crippen LogP contribution in [0.15, 0.2) is 36.4 Å². The van der Waals surface area contributed by atoms with Crippen molar-refractivity contribution in [2.75, 3.05) is 44.7 Å². The molecule has 1 aromatic carbocycles. The lowest BCUT2D eigenvalue weighted by atomic mass is 9.85. The predicted octanol–water partition coefficient (Wildman–Crippen LogP) is 1.93. The minimum atomic E-state index is -0.149. The Morgan fingerprint density at radius 1 is 0.968 bits per heavy atom. The number of carbonyl (C=O) groups excluding carboxylic acids is 3. The number of carbonyl (C=O) groups is 3. The highest BCUT2D eigenvalue weighted by atomic mass is 16.5. The van der Waals surface area contributed by atoms with E-state index in [-0.39, 0.29) is 41.4 Å². The van der Waals surface area contributed by atoms with E-state index in [1.807, 2.05) is 29.2 Å². The van der Waals surface area contributed by atoms with Crippen LogP contribution < -0.4 is 9.64 Å². The van der Waals surface area contributed by atoms with Crippen LogP contribution in [0.1, 0.15) is 19.3 Å². The summed E-state index contributed by atoms with van der Waals surface area (Å²) in [6.45, 7) is 3.32. The molecule has 3 fully saturated rings. The summed E-state index contributed by atoms with van der Waals surface area (Å²) in [5.74, 6) is 1.07. The van der Waals surface area contributed by atoms with Crippen molar-refractivity contribution < 1.29 is 19.1 Å². The third-order valence-corrected chi connectivity index (χ3v) is 7.40. The number of hydrogen-bond acceptors (Lipinski definition) is 5. The van der Waals surface area contributed by atoms with Crippen LogP contribution in [0.5, 0.6) is 5.75 Å². The average Bonchev–Trinajstić information content (AvgIpc) is 3.49. The summed E-state index contributed by atoms with van der Waals surface area (Å²) in [5.41, 5.74) is 1.13.